The molecule has 2 saturated heterocycles. The second kappa shape index (κ2) is 7.72. The standard InChI is InChI=1S/C22H27N5O/c1-3-18-16(2)20(23)27(22(18)28)10-6-9-25-11-13-26(14-12-25)21-19-8-5-4-7-17(19)15-24-21/h3-5,7-8,23H,2,6,9-15H2,1H3. The van der Waals surface area contributed by atoms with Crippen LogP contribution in [0.4, 0.5) is 0 Å². The average Bonchev–Trinajstić information content (AvgIpc) is 3.23. The molecule has 28 heavy (non-hydrogen) atoms. The van der Waals surface area contributed by atoms with Crippen molar-refractivity contribution >= 4 is 17.6 Å². The molecule has 3 aliphatic heterocycles. The Kier molecular flexibility index (Phi) is 5.13. The van der Waals surface area contributed by atoms with Crippen molar-refractivity contribution in [3.05, 3.63) is 59.2 Å². The second-order valence-corrected chi connectivity index (χ2v) is 7.47. The highest BCUT2D eigenvalue weighted by atomic mass is 16.2. The van der Waals surface area contributed by atoms with E-state index in [0.29, 0.717) is 17.7 Å². The van der Waals surface area contributed by atoms with Crippen molar-refractivity contribution in [3.63, 3.8) is 0 Å². The zero-order valence-corrected chi connectivity index (χ0v) is 16.4. The molecule has 4 rings (SSSR count). The number of likely N-dealkylation sites (tertiary alicyclic amines) is 1. The number of benzene rings is 1. The van der Waals surface area contributed by atoms with E-state index < -0.39 is 0 Å². The van der Waals surface area contributed by atoms with Crippen LogP contribution in [0.25, 0.3) is 0 Å². The van der Waals surface area contributed by atoms with Gasteiger partial charge in [-0.2, -0.15) is 0 Å². The lowest BCUT2D eigenvalue weighted by Crippen LogP contribution is -2.49. The SMILES string of the molecule is C=C1C(=N)N(CCCN2CCN(C3=NCc4ccccc43)CC2)C(=O)C1=CC. The normalized spacial score (nSPS) is 21.7. The van der Waals surface area contributed by atoms with Crippen LogP contribution in [0.1, 0.15) is 24.5 Å². The number of amidine groups is 2. The molecule has 1 aromatic carbocycles. The van der Waals surface area contributed by atoms with Gasteiger partial charge in [0.25, 0.3) is 5.91 Å². The Hall–Kier alpha value is -2.73. The van der Waals surface area contributed by atoms with Crippen LogP contribution in [0.3, 0.4) is 0 Å². The van der Waals surface area contributed by atoms with Crippen molar-refractivity contribution in [1.29, 1.82) is 5.41 Å². The van der Waals surface area contributed by atoms with Crippen molar-refractivity contribution in [1.82, 2.24) is 14.7 Å². The van der Waals surface area contributed by atoms with Gasteiger partial charge in [0.1, 0.15) is 11.7 Å². The first-order valence-corrected chi connectivity index (χ1v) is 9.96. The monoisotopic (exact) mass is 377 g/mol. The van der Waals surface area contributed by atoms with Crippen molar-refractivity contribution in [2.45, 2.75) is 19.9 Å². The van der Waals surface area contributed by atoms with Gasteiger partial charge in [0, 0.05) is 49.4 Å². The summed E-state index contributed by atoms with van der Waals surface area (Å²) < 4.78 is 0. The highest BCUT2D eigenvalue weighted by Crippen LogP contribution is 2.24. The predicted molar refractivity (Wildman–Crippen MR) is 112 cm³/mol. The number of nitrogens with one attached hydrogen (secondary N) is 1. The number of amides is 1. The summed E-state index contributed by atoms with van der Waals surface area (Å²) in [5.74, 6) is 1.31. The van der Waals surface area contributed by atoms with Crippen molar-refractivity contribution in [2.75, 3.05) is 39.3 Å². The lowest BCUT2D eigenvalue weighted by Gasteiger charge is -2.36. The third kappa shape index (κ3) is 3.29. The van der Waals surface area contributed by atoms with Crippen LogP contribution in [0.5, 0.6) is 0 Å². The molecular weight excluding hydrogens is 350 g/mol. The van der Waals surface area contributed by atoms with E-state index in [1.165, 1.54) is 11.1 Å². The molecule has 0 atom stereocenters. The molecule has 0 bridgehead atoms. The molecule has 1 aromatic rings. The summed E-state index contributed by atoms with van der Waals surface area (Å²) in [4.78, 5) is 23.5. The van der Waals surface area contributed by atoms with Gasteiger partial charge in [0.05, 0.1) is 6.54 Å². The molecule has 6 nitrogen and oxygen atoms in total. The maximum Gasteiger partial charge on any atom is 0.259 e. The van der Waals surface area contributed by atoms with E-state index >= 15 is 0 Å². The molecule has 6 heteroatoms. The first kappa shape index (κ1) is 18.6. The molecule has 0 saturated carbocycles. The maximum absolute atomic E-state index is 12.4. The summed E-state index contributed by atoms with van der Waals surface area (Å²) in [6, 6.07) is 8.49. The molecule has 0 aromatic heterocycles. The number of allylic oxidation sites excluding steroid dienone is 1. The maximum atomic E-state index is 12.4. The fraction of sp³-hybridized carbons (Fsp3) is 0.409. The van der Waals surface area contributed by atoms with Crippen LogP contribution in [-0.2, 0) is 11.3 Å². The van der Waals surface area contributed by atoms with Gasteiger partial charge in [-0.1, -0.05) is 36.9 Å². The molecule has 0 spiro atoms. The average molecular weight is 377 g/mol. The first-order chi connectivity index (χ1) is 13.6. The van der Waals surface area contributed by atoms with Gasteiger partial charge in [0.15, 0.2) is 0 Å². The number of hydrogen-bond donors (Lipinski definition) is 1. The minimum absolute atomic E-state index is 0.0831. The number of fused-ring (bicyclic) bond motifs is 1. The van der Waals surface area contributed by atoms with Crippen LogP contribution in [0.15, 0.2) is 53.1 Å². The van der Waals surface area contributed by atoms with Gasteiger partial charge in [-0.05, 0) is 25.5 Å². The highest BCUT2D eigenvalue weighted by molar-refractivity contribution is 6.25. The Morgan fingerprint density at radius 2 is 1.93 bits per heavy atom. The number of piperazine rings is 1. The van der Waals surface area contributed by atoms with Gasteiger partial charge < -0.3 is 4.90 Å². The zero-order chi connectivity index (χ0) is 19.7. The molecule has 146 valence electrons. The molecule has 0 radical (unpaired) electrons. The summed E-state index contributed by atoms with van der Waals surface area (Å²) in [6.07, 6.45) is 2.62. The third-order valence-electron chi connectivity index (χ3n) is 5.83. The van der Waals surface area contributed by atoms with Gasteiger partial charge in [-0.15, -0.1) is 0 Å². The number of nitrogens with zero attached hydrogens (tertiary/aromatic N) is 4. The highest BCUT2D eigenvalue weighted by Gasteiger charge is 2.33. The van der Waals surface area contributed by atoms with E-state index in [1.54, 1.807) is 11.0 Å². The molecule has 1 amide bonds. The van der Waals surface area contributed by atoms with E-state index in [9.17, 15) is 4.79 Å². The van der Waals surface area contributed by atoms with Gasteiger partial charge >= 0.3 is 0 Å². The Bertz CT molecular complexity index is 877. The van der Waals surface area contributed by atoms with E-state index in [1.807, 2.05) is 6.92 Å². The van der Waals surface area contributed by atoms with Gasteiger partial charge in [-0.3, -0.25) is 25.0 Å². The fourth-order valence-electron chi connectivity index (χ4n) is 4.21. The Labute approximate surface area is 166 Å². The van der Waals surface area contributed by atoms with Crippen LogP contribution in [0.2, 0.25) is 0 Å². The second-order valence-electron chi connectivity index (χ2n) is 7.47. The summed E-state index contributed by atoms with van der Waals surface area (Å²) in [6.45, 7) is 11.9. The number of aliphatic imine (C=N–C) groups is 1. The summed E-state index contributed by atoms with van der Waals surface area (Å²) in [7, 11) is 0. The van der Waals surface area contributed by atoms with Crippen LogP contribution >= 0.6 is 0 Å². The Morgan fingerprint density at radius 3 is 2.64 bits per heavy atom. The summed E-state index contributed by atoms with van der Waals surface area (Å²) in [5.41, 5.74) is 3.71. The summed E-state index contributed by atoms with van der Waals surface area (Å²) >= 11 is 0. The molecular formula is C22H27N5O. The van der Waals surface area contributed by atoms with E-state index in [4.69, 9.17) is 10.4 Å². The number of carbonyl (C=O) groups excluding carboxylic acids is 1. The summed E-state index contributed by atoms with van der Waals surface area (Å²) in [5, 5.41) is 8.11. The van der Waals surface area contributed by atoms with E-state index in [2.05, 4.69) is 40.6 Å². The van der Waals surface area contributed by atoms with Crippen molar-refractivity contribution < 1.29 is 4.79 Å². The molecule has 3 heterocycles. The minimum Gasteiger partial charge on any atom is -0.354 e. The van der Waals surface area contributed by atoms with Gasteiger partial charge in [0.2, 0.25) is 0 Å². The van der Waals surface area contributed by atoms with E-state index in [-0.39, 0.29) is 11.7 Å². The van der Waals surface area contributed by atoms with Gasteiger partial charge in [-0.25, -0.2) is 0 Å². The molecule has 1 N–H and O–H groups in total. The third-order valence-corrected chi connectivity index (χ3v) is 5.83. The Balaban J connectivity index is 1.25. The predicted octanol–water partition coefficient (Wildman–Crippen LogP) is 2.28. The van der Waals surface area contributed by atoms with Crippen LogP contribution < -0.4 is 0 Å². The van der Waals surface area contributed by atoms with Crippen LogP contribution in [0, 0.1) is 5.41 Å². The van der Waals surface area contributed by atoms with Crippen molar-refractivity contribution in [3.8, 4) is 0 Å². The largest absolute Gasteiger partial charge is 0.354 e. The zero-order valence-electron chi connectivity index (χ0n) is 16.4. The quantitative estimate of drug-likeness (QED) is 0.819. The Morgan fingerprint density at radius 1 is 1.18 bits per heavy atom. The smallest absolute Gasteiger partial charge is 0.259 e. The topological polar surface area (TPSA) is 63.0 Å². The molecule has 0 aliphatic carbocycles. The number of hydrogen-bond acceptors (Lipinski definition) is 5. The minimum atomic E-state index is -0.0831. The fourth-order valence-corrected chi connectivity index (χ4v) is 4.21. The number of rotatable bonds is 4. The lowest BCUT2D eigenvalue weighted by atomic mass is 10.1. The first-order valence-electron chi connectivity index (χ1n) is 9.96. The van der Waals surface area contributed by atoms with Crippen molar-refractivity contribution in [2.24, 2.45) is 4.99 Å². The molecule has 2 fully saturated rings. The number of carbonyl (C=O) groups is 1. The lowest BCUT2D eigenvalue weighted by molar-refractivity contribution is -0.122. The van der Waals surface area contributed by atoms with E-state index in [0.717, 1.165) is 51.5 Å². The van der Waals surface area contributed by atoms with Crippen LogP contribution in [-0.4, -0.2) is 71.5 Å². The molecule has 3 aliphatic rings. The molecule has 0 unspecified atom stereocenters.